The van der Waals surface area contributed by atoms with Crippen molar-refractivity contribution in [3.8, 4) is 0 Å². The second kappa shape index (κ2) is 4.00. The van der Waals surface area contributed by atoms with E-state index in [-0.39, 0.29) is 17.2 Å². The zero-order valence-corrected chi connectivity index (χ0v) is 7.35. The maximum absolute atomic E-state index is 12.7. The smallest absolute Gasteiger partial charge is 0.160 e. The van der Waals surface area contributed by atoms with Gasteiger partial charge in [0, 0.05) is 5.02 Å². The number of nitrogens with two attached hydrogens (primary N) is 1. The van der Waals surface area contributed by atoms with Crippen molar-refractivity contribution in [2.24, 2.45) is 5.73 Å². The van der Waals surface area contributed by atoms with E-state index in [0.717, 1.165) is 12.1 Å². The summed E-state index contributed by atoms with van der Waals surface area (Å²) in [5.74, 6) is -2.05. The molecule has 0 unspecified atom stereocenters. The largest absolute Gasteiger partial charge is 0.394 e. The SMILES string of the molecule is N[C@H](CO)c1cc(F)c(F)cc1Cl. The highest BCUT2D eigenvalue weighted by atomic mass is 35.5. The molecule has 0 saturated carbocycles. The van der Waals surface area contributed by atoms with E-state index in [4.69, 9.17) is 22.4 Å². The third-order valence-electron chi connectivity index (χ3n) is 1.64. The molecule has 13 heavy (non-hydrogen) atoms. The molecule has 1 aromatic carbocycles. The van der Waals surface area contributed by atoms with Crippen molar-refractivity contribution in [3.05, 3.63) is 34.4 Å². The summed E-state index contributed by atoms with van der Waals surface area (Å²) in [7, 11) is 0. The molecule has 0 aliphatic carbocycles. The molecule has 72 valence electrons. The monoisotopic (exact) mass is 207 g/mol. The maximum atomic E-state index is 12.7. The van der Waals surface area contributed by atoms with Crippen LogP contribution in [0.25, 0.3) is 0 Å². The first-order valence-corrected chi connectivity index (χ1v) is 3.95. The lowest BCUT2D eigenvalue weighted by Gasteiger charge is -2.10. The molecule has 0 aromatic heterocycles. The topological polar surface area (TPSA) is 46.2 Å². The van der Waals surface area contributed by atoms with Crippen molar-refractivity contribution in [1.82, 2.24) is 0 Å². The molecular weight excluding hydrogens is 200 g/mol. The van der Waals surface area contributed by atoms with Gasteiger partial charge >= 0.3 is 0 Å². The molecule has 0 spiro atoms. The van der Waals surface area contributed by atoms with Gasteiger partial charge in [-0.25, -0.2) is 8.78 Å². The molecule has 0 saturated heterocycles. The van der Waals surface area contributed by atoms with Crippen LogP contribution in [-0.4, -0.2) is 11.7 Å². The molecule has 1 aromatic rings. The van der Waals surface area contributed by atoms with Crippen LogP contribution >= 0.6 is 11.6 Å². The van der Waals surface area contributed by atoms with Crippen LogP contribution in [0.2, 0.25) is 5.02 Å². The van der Waals surface area contributed by atoms with Crippen molar-refractivity contribution < 1.29 is 13.9 Å². The fourth-order valence-corrected chi connectivity index (χ4v) is 1.21. The number of hydrogen-bond acceptors (Lipinski definition) is 2. The van der Waals surface area contributed by atoms with E-state index in [9.17, 15) is 8.78 Å². The van der Waals surface area contributed by atoms with Crippen molar-refractivity contribution in [2.75, 3.05) is 6.61 Å². The normalized spacial score (nSPS) is 13.0. The Morgan fingerprint density at radius 1 is 1.38 bits per heavy atom. The minimum absolute atomic E-state index is 0.0143. The van der Waals surface area contributed by atoms with Gasteiger partial charge in [-0.05, 0) is 17.7 Å². The van der Waals surface area contributed by atoms with Crippen LogP contribution < -0.4 is 5.73 Å². The highest BCUT2D eigenvalue weighted by Gasteiger charge is 2.13. The van der Waals surface area contributed by atoms with E-state index in [1.165, 1.54) is 0 Å². The predicted octanol–water partition coefficient (Wildman–Crippen LogP) is 1.61. The summed E-state index contributed by atoms with van der Waals surface area (Å²) in [6.07, 6.45) is 0. The van der Waals surface area contributed by atoms with Crippen molar-refractivity contribution in [1.29, 1.82) is 0 Å². The molecule has 5 heteroatoms. The number of benzene rings is 1. The van der Waals surface area contributed by atoms with Crippen LogP contribution in [-0.2, 0) is 0 Å². The molecule has 0 radical (unpaired) electrons. The molecule has 0 aliphatic heterocycles. The van der Waals surface area contributed by atoms with Crippen LogP contribution in [0.15, 0.2) is 12.1 Å². The summed E-state index contributed by atoms with van der Waals surface area (Å²) in [4.78, 5) is 0. The van der Waals surface area contributed by atoms with Gasteiger partial charge in [0.25, 0.3) is 0 Å². The molecule has 2 nitrogen and oxygen atoms in total. The summed E-state index contributed by atoms with van der Waals surface area (Å²) in [6.45, 7) is -0.370. The third-order valence-corrected chi connectivity index (χ3v) is 1.96. The molecule has 3 N–H and O–H groups in total. The standard InChI is InChI=1S/C8H8ClF2NO/c9-5-2-7(11)6(10)1-4(5)8(12)3-13/h1-2,8,13H,3,12H2/t8-/m1/s1. The lowest BCUT2D eigenvalue weighted by Crippen LogP contribution is -2.15. The maximum Gasteiger partial charge on any atom is 0.160 e. The van der Waals surface area contributed by atoms with Gasteiger partial charge in [-0.3, -0.25) is 0 Å². The highest BCUT2D eigenvalue weighted by molar-refractivity contribution is 6.31. The quantitative estimate of drug-likeness (QED) is 0.724. The van der Waals surface area contributed by atoms with E-state index in [0.29, 0.717) is 0 Å². The number of halogens is 3. The van der Waals surface area contributed by atoms with Crippen LogP contribution in [0.5, 0.6) is 0 Å². The molecule has 0 aliphatic rings. The van der Waals surface area contributed by atoms with Gasteiger partial charge in [-0.2, -0.15) is 0 Å². The fourth-order valence-electron chi connectivity index (χ4n) is 0.920. The Morgan fingerprint density at radius 3 is 2.46 bits per heavy atom. The van der Waals surface area contributed by atoms with Gasteiger partial charge in [-0.1, -0.05) is 11.6 Å². The summed E-state index contributed by atoms with van der Waals surface area (Å²) in [5.41, 5.74) is 5.59. The molecule has 0 fully saturated rings. The van der Waals surface area contributed by atoms with E-state index < -0.39 is 17.7 Å². The molecular formula is C8H8ClF2NO. The van der Waals surface area contributed by atoms with Gasteiger partial charge in [0.15, 0.2) is 11.6 Å². The van der Waals surface area contributed by atoms with Crippen molar-refractivity contribution >= 4 is 11.6 Å². The molecule has 1 atom stereocenters. The summed E-state index contributed by atoms with van der Waals surface area (Å²) >= 11 is 5.58. The lowest BCUT2D eigenvalue weighted by atomic mass is 10.1. The van der Waals surface area contributed by atoms with Gasteiger partial charge in [0.05, 0.1) is 12.6 Å². The predicted molar refractivity (Wildman–Crippen MR) is 45.4 cm³/mol. The van der Waals surface area contributed by atoms with Gasteiger partial charge in [-0.15, -0.1) is 0 Å². The van der Waals surface area contributed by atoms with Crippen LogP contribution in [0, 0.1) is 11.6 Å². The van der Waals surface area contributed by atoms with Crippen LogP contribution in [0.3, 0.4) is 0 Å². The number of hydrogen-bond donors (Lipinski definition) is 2. The minimum atomic E-state index is -1.03. The Balaban J connectivity index is 3.15. The van der Waals surface area contributed by atoms with Crippen LogP contribution in [0.1, 0.15) is 11.6 Å². The second-order valence-electron chi connectivity index (χ2n) is 2.58. The molecule has 1 rings (SSSR count). The first-order valence-electron chi connectivity index (χ1n) is 3.57. The summed E-state index contributed by atoms with van der Waals surface area (Å²) in [5, 5.41) is 8.69. The van der Waals surface area contributed by atoms with Crippen molar-refractivity contribution in [2.45, 2.75) is 6.04 Å². The van der Waals surface area contributed by atoms with Crippen LogP contribution in [0.4, 0.5) is 8.78 Å². The Morgan fingerprint density at radius 2 is 1.92 bits per heavy atom. The van der Waals surface area contributed by atoms with E-state index in [1.54, 1.807) is 0 Å². The number of aliphatic hydroxyl groups excluding tert-OH is 1. The highest BCUT2D eigenvalue weighted by Crippen LogP contribution is 2.24. The Hall–Kier alpha value is -0.710. The molecule has 0 amide bonds. The average Bonchev–Trinajstić information content (AvgIpc) is 2.10. The number of aliphatic hydroxyl groups is 1. The molecule has 0 heterocycles. The average molecular weight is 208 g/mol. The summed E-state index contributed by atoms with van der Waals surface area (Å²) < 4.78 is 25.2. The molecule has 0 bridgehead atoms. The zero-order valence-electron chi connectivity index (χ0n) is 6.60. The Labute approximate surface area is 78.9 Å². The van der Waals surface area contributed by atoms with Crippen molar-refractivity contribution in [3.63, 3.8) is 0 Å². The first-order chi connectivity index (χ1) is 6.06. The second-order valence-corrected chi connectivity index (χ2v) is 2.98. The lowest BCUT2D eigenvalue weighted by molar-refractivity contribution is 0.267. The Kier molecular flexibility index (Phi) is 3.19. The van der Waals surface area contributed by atoms with Gasteiger partial charge in [0.1, 0.15) is 0 Å². The van der Waals surface area contributed by atoms with Gasteiger partial charge < -0.3 is 10.8 Å². The number of rotatable bonds is 2. The first kappa shape index (κ1) is 10.4. The van der Waals surface area contributed by atoms with Gasteiger partial charge in [0.2, 0.25) is 0 Å². The Bertz CT molecular complexity index is 319. The van der Waals surface area contributed by atoms with E-state index in [2.05, 4.69) is 0 Å². The summed E-state index contributed by atoms with van der Waals surface area (Å²) in [6, 6.07) is 0.933. The minimum Gasteiger partial charge on any atom is -0.394 e. The fraction of sp³-hybridized carbons (Fsp3) is 0.250. The van der Waals surface area contributed by atoms with E-state index >= 15 is 0 Å². The zero-order chi connectivity index (χ0) is 10.0. The van der Waals surface area contributed by atoms with E-state index in [1.807, 2.05) is 0 Å². The third kappa shape index (κ3) is 2.15.